The van der Waals surface area contributed by atoms with Crippen molar-refractivity contribution in [2.75, 3.05) is 20.8 Å². The molecule has 190 valence electrons. The average molecular weight is 489 g/mol. The maximum Gasteiger partial charge on any atom is 0.192 e. The summed E-state index contributed by atoms with van der Waals surface area (Å²) < 4.78 is 23.3. The van der Waals surface area contributed by atoms with E-state index in [4.69, 9.17) is 18.6 Å². The molecule has 1 aromatic rings. The third-order valence-corrected chi connectivity index (χ3v) is 10.8. The van der Waals surface area contributed by atoms with Gasteiger partial charge in [0, 0.05) is 13.5 Å². The lowest BCUT2D eigenvalue weighted by Crippen LogP contribution is -2.40. The Morgan fingerprint density at radius 1 is 1.09 bits per heavy atom. The van der Waals surface area contributed by atoms with Crippen LogP contribution in [-0.4, -0.2) is 47.6 Å². The number of hydrogen-bond donors (Lipinski definition) is 0. The molecule has 0 bridgehead atoms. The molecule has 0 aliphatic heterocycles. The minimum Gasteiger partial charge on any atom is -0.497 e. The lowest BCUT2D eigenvalue weighted by Gasteiger charge is -2.35. The highest BCUT2D eigenvalue weighted by molar-refractivity contribution is 6.74. The highest BCUT2D eigenvalue weighted by atomic mass is 28.4. The fraction of sp³-hybridized carbons (Fsp3) is 0.536. The molecule has 1 rings (SSSR count). The molecule has 0 saturated heterocycles. The molecular formula is C28H44O5Si. The normalized spacial score (nSPS) is 15.1. The van der Waals surface area contributed by atoms with Gasteiger partial charge in [-0.2, -0.15) is 0 Å². The summed E-state index contributed by atoms with van der Waals surface area (Å²) in [5.41, 5.74) is 1.78. The summed E-state index contributed by atoms with van der Waals surface area (Å²) in [5, 5.41) is 0.197. The highest BCUT2D eigenvalue weighted by Crippen LogP contribution is 2.36. The van der Waals surface area contributed by atoms with Crippen molar-refractivity contribution in [2.24, 2.45) is 0 Å². The molecule has 0 aliphatic rings. The zero-order valence-corrected chi connectivity index (χ0v) is 23.3. The van der Waals surface area contributed by atoms with E-state index < -0.39 is 8.32 Å². The Bertz CT molecular complexity index is 803. The predicted molar refractivity (Wildman–Crippen MR) is 143 cm³/mol. The molecule has 6 heteroatoms. The minimum absolute atomic E-state index is 0.0497. The van der Waals surface area contributed by atoms with Crippen LogP contribution in [0, 0.1) is 0 Å². The summed E-state index contributed by atoms with van der Waals surface area (Å²) in [6.45, 7) is 14.1. The van der Waals surface area contributed by atoms with Crippen LogP contribution in [0.4, 0.5) is 0 Å². The fourth-order valence-electron chi connectivity index (χ4n) is 2.84. The lowest BCUT2D eigenvalue weighted by atomic mass is 10.1. The van der Waals surface area contributed by atoms with Crippen LogP contribution >= 0.6 is 0 Å². The molecule has 0 N–H and O–H groups in total. The van der Waals surface area contributed by atoms with Crippen molar-refractivity contribution in [3.05, 3.63) is 65.8 Å². The van der Waals surface area contributed by atoms with Crippen LogP contribution in [0.25, 0.3) is 0 Å². The maximum atomic E-state index is 10.9. The summed E-state index contributed by atoms with van der Waals surface area (Å²) >= 11 is 0. The Balaban J connectivity index is 2.78. The molecule has 0 aliphatic carbocycles. The van der Waals surface area contributed by atoms with Gasteiger partial charge in [-0.1, -0.05) is 63.3 Å². The lowest BCUT2D eigenvalue weighted by molar-refractivity contribution is -0.104. The number of aldehydes is 1. The van der Waals surface area contributed by atoms with Gasteiger partial charge in [-0.3, -0.25) is 4.79 Å². The van der Waals surface area contributed by atoms with Crippen LogP contribution in [-0.2, 0) is 25.3 Å². The van der Waals surface area contributed by atoms with Crippen LogP contribution in [0.2, 0.25) is 18.1 Å². The first-order chi connectivity index (χ1) is 16.0. The van der Waals surface area contributed by atoms with Gasteiger partial charge < -0.3 is 18.6 Å². The largest absolute Gasteiger partial charge is 0.497 e. The zero-order chi connectivity index (χ0) is 25.6. The van der Waals surface area contributed by atoms with Gasteiger partial charge in [0.25, 0.3) is 0 Å². The maximum absolute atomic E-state index is 10.9. The molecule has 5 nitrogen and oxygen atoms in total. The second-order valence-corrected chi connectivity index (χ2v) is 14.8. The SMILES string of the molecule is COc1ccc(CO[C@H](/C=C/C=C/CO[Si](C)(C)C(C)(C)C)C[C@H](C/C=C(/C)C=O)OC)cc1. The smallest absolute Gasteiger partial charge is 0.192 e. The zero-order valence-electron chi connectivity index (χ0n) is 22.3. The number of carbonyl (C=O) groups excluding carboxylic acids is 1. The first kappa shape index (κ1) is 30.0. The van der Waals surface area contributed by atoms with Crippen LogP contribution < -0.4 is 4.74 Å². The van der Waals surface area contributed by atoms with Gasteiger partial charge >= 0.3 is 0 Å². The molecule has 0 aromatic heterocycles. The van der Waals surface area contributed by atoms with Crippen LogP contribution in [0.15, 0.2) is 60.2 Å². The van der Waals surface area contributed by atoms with E-state index in [1.54, 1.807) is 21.1 Å². The Kier molecular flexibility index (Phi) is 13.3. The second kappa shape index (κ2) is 15.1. The fourth-order valence-corrected chi connectivity index (χ4v) is 3.78. The van der Waals surface area contributed by atoms with Crippen molar-refractivity contribution in [2.45, 2.75) is 77.5 Å². The van der Waals surface area contributed by atoms with Crippen molar-refractivity contribution in [1.82, 2.24) is 0 Å². The van der Waals surface area contributed by atoms with Gasteiger partial charge in [0.1, 0.15) is 12.0 Å². The van der Waals surface area contributed by atoms with E-state index in [-0.39, 0.29) is 17.2 Å². The van der Waals surface area contributed by atoms with Crippen molar-refractivity contribution in [1.29, 1.82) is 0 Å². The molecule has 34 heavy (non-hydrogen) atoms. The monoisotopic (exact) mass is 488 g/mol. The molecule has 0 radical (unpaired) electrons. The van der Waals surface area contributed by atoms with Crippen molar-refractivity contribution in [3.8, 4) is 5.75 Å². The number of allylic oxidation sites excluding steroid dienone is 3. The highest BCUT2D eigenvalue weighted by Gasteiger charge is 2.36. The third-order valence-electron chi connectivity index (χ3n) is 6.26. The summed E-state index contributed by atoms with van der Waals surface area (Å²) in [4.78, 5) is 10.9. The molecule has 0 amide bonds. The Morgan fingerprint density at radius 2 is 1.76 bits per heavy atom. The van der Waals surface area contributed by atoms with Gasteiger partial charge in [0.15, 0.2) is 8.32 Å². The molecule has 1 aromatic carbocycles. The summed E-state index contributed by atoms with van der Waals surface area (Å²) in [7, 11) is 1.60. The van der Waals surface area contributed by atoms with Crippen molar-refractivity contribution < 1.29 is 23.4 Å². The van der Waals surface area contributed by atoms with Gasteiger partial charge in [-0.05, 0) is 54.7 Å². The molecule has 0 fully saturated rings. The Labute approximate surface area is 208 Å². The Hall–Kier alpha value is -1.99. The number of methoxy groups -OCH3 is 2. The molecule has 0 unspecified atom stereocenters. The van der Waals surface area contributed by atoms with E-state index in [0.29, 0.717) is 31.6 Å². The number of carbonyl (C=O) groups is 1. The summed E-state index contributed by atoms with van der Waals surface area (Å²) in [6, 6.07) is 7.86. The van der Waals surface area contributed by atoms with E-state index in [1.807, 2.05) is 48.6 Å². The van der Waals surface area contributed by atoms with E-state index in [2.05, 4.69) is 39.9 Å². The topological polar surface area (TPSA) is 54.0 Å². The van der Waals surface area contributed by atoms with Crippen LogP contribution in [0.3, 0.4) is 0 Å². The second-order valence-electron chi connectivity index (χ2n) is 9.98. The van der Waals surface area contributed by atoms with E-state index in [1.165, 1.54) is 0 Å². The van der Waals surface area contributed by atoms with E-state index in [0.717, 1.165) is 17.6 Å². The van der Waals surface area contributed by atoms with Crippen molar-refractivity contribution in [3.63, 3.8) is 0 Å². The predicted octanol–water partition coefficient (Wildman–Crippen LogP) is 6.66. The first-order valence-electron chi connectivity index (χ1n) is 11.9. The summed E-state index contributed by atoms with van der Waals surface area (Å²) in [6.07, 6.45) is 12.0. The van der Waals surface area contributed by atoms with E-state index >= 15 is 0 Å². The average Bonchev–Trinajstić information content (AvgIpc) is 2.80. The quantitative estimate of drug-likeness (QED) is 0.120. The van der Waals surface area contributed by atoms with Gasteiger partial charge in [-0.15, -0.1) is 0 Å². The summed E-state index contributed by atoms with van der Waals surface area (Å²) in [5.74, 6) is 0.821. The standard InChI is InChI=1S/C28H44O5Si/c1-23(21-29)13-16-26(31-6)20-27(32-22-24-14-17-25(30-5)18-15-24)12-10-9-11-19-33-34(7,8)28(2,3)4/h9-15,17-18,21,26-27H,16,19-20,22H2,1-8H3/b11-9+,12-10+,23-13-/t26-,27+/m0/s1. The molecule has 0 spiro atoms. The van der Waals surface area contributed by atoms with Gasteiger partial charge in [-0.25, -0.2) is 0 Å². The number of benzene rings is 1. The molecular weight excluding hydrogens is 444 g/mol. The van der Waals surface area contributed by atoms with Crippen molar-refractivity contribution >= 4 is 14.6 Å². The number of rotatable bonds is 15. The minimum atomic E-state index is -1.75. The molecule has 2 atom stereocenters. The molecule has 0 heterocycles. The first-order valence-corrected chi connectivity index (χ1v) is 14.8. The van der Waals surface area contributed by atoms with E-state index in [9.17, 15) is 4.79 Å². The third kappa shape index (κ3) is 11.4. The molecule has 0 saturated carbocycles. The number of ether oxygens (including phenoxy) is 3. The van der Waals surface area contributed by atoms with Crippen LogP contribution in [0.1, 0.15) is 46.1 Å². The van der Waals surface area contributed by atoms with Gasteiger partial charge in [0.05, 0.1) is 32.5 Å². The Morgan fingerprint density at radius 3 is 2.32 bits per heavy atom. The number of hydrogen-bond acceptors (Lipinski definition) is 5. The van der Waals surface area contributed by atoms with Gasteiger partial charge in [0.2, 0.25) is 0 Å². The van der Waals surface area contributed by atoms with Crippen LogP contribution in [0.5, 0.6) is 5.75 Å².